The van der Waals surface area contributed by atoms with E-state index >= 15 is 0 Å². The minimum absolute atomic E-state index is 0.386. The first-order valence-corrected chi connectivity index (χ1v) is 9.56. The highest BCUT2D eigenvalue weighted by molar-refractivity contribution is 8.01. The molecule has 3 rings (SSSR count). The maximum Gasteiger partial charge on any atom is 0.206 e. The summed E-state index contributed by atoms with van der Waals surface area (Å²) in [6, 6.07) is 10.5. The van der Waals surface area contributed by atoms with Gasteiger partial charge in [-0.05, 0) is 31.2 Å². The molecule has 22 heavy (non-hydrogen) atoms. The van der Waals surface area contributed by atoms with Crippen molar-refractivity contribution < 1.29 is 4.74 Å². The second kappa shape index (κ2) is 8.50. The standard InChI is InChI=1S/C16H21N3OS2/c1-2-6-13(7-3-1)9-10-17-15-18-19-16(22-15)21-12-14-8-4-5-11-20-14/h1-3,6-7,14H,4-5,8-12H2,(H,17,18). The number of ether oxygens (including phenoxy) is 1. The van der Waals surface area contributed by atoms with Gasteiger partial charge in [-0.15, -0.1) is 10.2 Å². The van der Waals surface area contributed by atoms with E-state index in [1.807, 2.05) is 6.07 Å². The van der Waals surface area contributed by atoms with E-state index in [2.05, 4.69) is 39.8 Å². The topological polar surface area (TPSA) is 47.0 Å². The molecule has 1 aliphatic heterocycles. The lowest BCUT2D eigenvalue weighted by atomic mass is 10.1. The van der Waals surface area contributed by atoms with Crippen LogP contribution in [-0.2, 0) is 11.2 Å². The number of nitrogens with one attached hydrogen (secondary N) is 1. The number of benzene rings is 1. The van der Waals surface area contributed by atoms with Gasteiger partial charge in [0, 0.05) is 18.9 Å². The molecule has 0 spiro atoms. The predicted octanol–water partition coefficient (Wildman–Crippen LogP) is 3.85. The Balaban J connectivity index is 1.39. The van der Waals surface area contributed by atoms with Crippen molar-refractivity contribution in [2.45, 2.75) is 36.1 Å². The van der Waals surface area contributed by atoms with Gasteiger partial charge in [0.25, 0.3) is 0 Å². The van der Waals surface area contributed by atoms with Crippen molar-refractivity contribution in [2.24, 2.45) is 0 Å². The van der Waals surface area contributed by atoms with Crippen LogP contribution in [0.2, 0.25) is 0 Å². The highest BCUT2D eigenvalue weighted by atomic mass is 32.2. The van der Waals surface area contributed by atoms with Gasteiger partial charge >= 0.3 is 0 Å². The summed E-state index contributed by atoms with van der Waals surface area (Å²) in [4.78, 5) is 0. The minimum atomic E-state index is 0.386. The van der Waals surface area contributed by atoms with E-state index in [9.17, 15) is 0 Å². The molecular formula is C16H21N3OS2. The van der Waals surface area contributed by atoms with Gasteiger partial charge in [0.15, 0.2) is 4.34 Å². The summed E-state index contributed by atoms with van der Waals surface area (Å²) < 4.78 is 6.76. The monoisotopic (exact) mass is 335 g/mol. The summed E-state index contributed by atoms with van der Waals surface area (Å²) in [5.74, 6) is 0.985. The molecule has 1 aliphatic rings. The number of aromatic nitrogens is 2. The van der Waals surface area contributed by atoms with Crippen molar-refractivity contribution in [1.29, 1.82) is 0 Å². The molecule has 1 saturated heterocycles. The van der Waals surface area contributed by atoms with Gasteiger partial charge in [0.1, 0.15) is 0 Å². The molecule has 0 aliphatic carbocycles. The van der Waals surface area contributed by atoms with Gasteiger partial charge in [-0.1, -0.05) is 53.4 Å². The summed E-state index contributed by atoms with van der Waals surface area (Å²) in [6.45, 7) is 1.79. The number of hydrogen-bond acceptors (Lipinski definition) is 6. The first-order chi connectivity index (χ1) is 10.9. The van der Waals surface area contributed by atoms with Crippen molar-refractivity contribution in [3.05, 3.63) is 35.9 Å². The third-order valence-corrected chi connectivity index (χ3v) is 5.75. The molecule has 0 amide bonds. The Morgan fingerprint density at radius 1 is 1.23 bits per heavy atom. The fourth-order valence-corrected chi connectivity index (χ4v) is 4.27. The summed E-state index contributed by atoms with van der Waals surface area (Å²) in [7, 11) is 0. The van der Waals surface area contributed by atoms with E-state index in [4.69, 9.17) is 4.74 Å². The second-order valence-electron chi connectivity index (χ2n) is 5.34. The van der Waals surface area contributed by atoms with Crippen LogP contribution in [0, 0.1) is 0 Å². The molecule has 1 aromatic heterocycles. The average molecular weight is 335 g/mol. The Hall–Kier alpha value is -1.11. The normalized spacial score (nSPS) is 18.3. The summed E-state index contributed by atoms with van der Waals surface area (Å²) in [5.41, 5.74) is 1.34. The SMILES string of the molecule is c1ccc(CCNc2nnc(SCC3CCCCO3)s2)cc1. The molecule has 2 aromatic rings. The molecule has 0 bridgehead atoms. The lowest BCUT2D eigenvalue weighted by Crippen LogP contribution is -2.21. The minimum Gasteiger partial charge on any atom is -0.377 e. The van der Waals surface area contributed by atoms with E-state index < -0.39 is 0 Å². The van der Waals surface area contributed by atoms with Gasteiger partial charge in [0.2, 0.25) is 5.13 Å². The Morgan fingerprint density at radius 2 is 2.14 bits per heavy atom. The van der Waals surface area contributed by atoms with Crippen LogP contribution in [0.1, 0.15) is 24.8 Å². The van der Waals surface area contributed by atoms with Gasteiger partial charge in [-0.2, -0.15) is 0 Å². The zero-order chi connectivity index (χ0) is 15.0. The van der Waals surface area contributed by atoms with Crippen LogP contribution in [0.15, 0.2) is 34.7 Å². The fraction of sp³-hybridized carbons (Fsp3) is 0.500. The molecule has 4 nitrogen and oxygen atoms in total. The van der Waals surface area contributed by atoms with Gasteiger partial charge in [-0.3, -0.25) is 0 Å². The van der Waals surface area contributed by atoms with Crippen molar-refractivity contribution in [3.63, 3.8) is 0 Å². The van der Waals surface area contributed by atoms with Crippen molar-refractivity contribution >= 4 is 28.2 Å². The highest BCUT2D eigenvalue weighted by Crippen LogP contribution is 2.28. The Labute approximate surface area is 139 Å². The van der Waals surface area contributed by atoms with Crippen LogP contribution in [0.5, 0.6) is 0 Å². The number of anilines is 1. The third kappa shape index (κ3) is 4.97. The largest absolute Gasteiger partial charge is 0.377 e. The maximum absolute atomic E-state index is 5.74. The van der Waals surface area contributed by atoms with E-state index in [1.54, 1.807) is 23.1 Å². The van der Waals surface area contributed by atoms with Crippen molar-refractivity contribution in [3.8, 4) is 0 Å². The smallest absolute Gasteiger partial charge is 0.206 e. The van der Waals surface area contributed by atoms with Crippen LogP contribution >= 0.6 is 23.1 Å². The Kier molecular flexibility index (Phi) is 6.10. The quantitative estimate of drug-likeness (QED) is 0.779. The van der Waals surface area contributed by atoms with E-state index in [0.29, 0.717) is 6.10 Å². The molecule has 1 atom stereocenters. The fourth-order valence-electron chi connectivity index (χ4n) is 2.40. The molecule has 0 radical (unpaired) electrons. The molecule has 0 saturated carbocycles. The Morgan fingerprint density at radius 3 is 2.95 bits per heavy atom. The molecule has 2 heterocycles. The third-order valence-electron chi connectivity index (χ3n) is 3.61. The van der Waals surface area contributed by atoms with E-state index in [-0.39, 0.29) is 0 Å². The Bertz CT molecular complexity index is 556. The van der Waals surface area contributed by atoms with Crippen LogP contribution in [0.25, 0.3) is 0 Å². The van der Waals surface area contributed by atoms with E-state index in [0.717, 1.165) is 34.8 Å². The number of nitrogens with zero attached hydrogens (tertiary/aromatic N) is 2. The first kappa shape index (κ1) is 15.8. The van der Waals surface area contributed by atoms with Gasteiger partial charge < -0.3 is 10.1 Å². The summed E-state index contributed by atoms with van der Waals surface area (Å²) in [6.07, 6.45) is 5.05. The zero-order valence-electron chi connectivity index (χ0n) is 12.5. The molecule has 118 valence electrons. The predicted molar refractivity (Wildman–Crippen MR) is 92.9 cm³/mol. The highest BCUT2D eigenvalue weighted by Gasteiger charge is 2.15. The molecule has 1 fully saturated rings. The van der Waals surface area contributed by atoms with Crippen LogP contribution in [0.3, 0.4) is 0 Å². The van der Waals surface area contributed by atoms with Crippen LogP contribution in [0.4, 0.5) is 5.13 Å². The lowest BCUT2D eigenvalue weighted by molar-refractivity contribution is 0.0315. The number of thioether (sulfide) groups is 1. The molecule has 1 aromatic carbocycles. The molecule has 1 N–H and O–H groups in total. The van der Waals surface area contributed by atoms with Gasteiger partial charge in [-0.25, -0.2) is 0 Å². The lowest BCUT2D eigenvalue weighted by Gasteiger charge is -2.21. The average Bonchev–Trinajstić information content (AvgIpc) is 3.03. The molecular weight excluding hydrogens is 314 g/mol. The second-order valence-corrected chi connectivity index (χ2v) is 7.58. The van der Waals surface area contributed by atoms with Crippen molar-refractivity contribution in [2.75, 3.05) is 24.2 Å². The maximum atomic E-state index is 5.74. The van der Waals surface area contributed by atoms with Crippen molar-refractivity contribution in [1.82, 2.24) is 10.2 Å². The number of hydrogen-bond donors (Lipinski definition) is 1. The molecule has 6 heteroatoms. The van der Waals surface area contributed by atoms with E-state index in [1.165, 1.54) is 24.8 Å². The summed E-state index contributed by atoms with van der Waals surface area (Å²) >= 11 is 3.39. The van der Waals surface area contributed by atoms with Gasteiger partial charge in [0.05, 0.1) is 6.10 Å². The van der Waals surface area contributed by atoms with Crippen LogP contribution in [-0.4, -0.2) is 35.2 Å². The van der Waals surface area contributed by atoms with Crippen LogP contribution < -0.4 is 5.32 Å². The molecule has 1 unspecified atom stereocenters. The number of rotatable bonds is 7. The summed E-state index contributed by atoms with van der Waals surface area (Å²) in [5, 5.41) is 12.7. The zero-order valence-corrected chi connectivity index (χ0v) is 14.2. The first-order valence-electron chi connectivity index (χ1n) is 7.76.